The summed E-state index contributed by atoms with van der Waals surface area (Å²) in [5, 5.41) is 13.5. The van der Waals surface area contributed by atoms with Gasteiger partial charge in [-0.2, -0.15) is 0 Å². The number of nitroso groups, excluding NO2 is 1. The third-order valence-electron chi connectivity index (χ3n) is 1.86. The molecule has 1 N–H and O–H groups in total. The van der Waals surface area contributed by atoms with E-state index in [4.69, 9.17) is 4.74 Å². The number of benzene rings is 1. The highest BCUT2D eigenvalue weighted by Crippen LogP contribution is 2.30. The quantitative estimate of drug-likeness (QED) is 0.590. The molecule has 0 atom stereocenters. The van der Waals surface area contributed by atoms with Crippen LogP contribution in [0, 0.1) is 4.91 Å². The molecule has 0 aliphatic carbocycles. The van der Waals surface area contributed by atoms with Gasteiger partial charge in [0.1, 0.15) is 0 Å². The van der Waals surface area contributed by atoms with Gasteiger partial charge >= 0.3 is 0 Å². The molecule has 0 saturated heterocycles. The summed E-state index contributed by atoms with van der Waals surface area (Å²) in [5.41, 5.74) is 0.542. The number of ether oxygens (including phenoxy) is 1. The topological polar surface area (TPSA) is 62.1 Å². The molecule has 0 saturated carbocycles. The molecule has 0 amide bonds. The van der Waals surface area contributed by atoms with E-state index in [1.165, 1.54) is 18.2 Å². The molecule has 76 valence electrons. The summed E-state index contributed by atoms with van der Waals surface area (Å²) in [6, 6.07) is 4.67. The molecular formula is C9H12N2O3. The number of phenolic OH excluding ortho intramolecular Hbond substituents is 1. The fraction of sp³-hybridized carbons (Fsp3) is 0.333. The highest BCUT2D eigenvalue weighted by atomic mass is 16.5. The molecule has 0 unspecified atom stereocenters. The second-order valence-electron chi connectivity index (χ2n) is 2.65. The lowest BCUT2D eigenvalue weighted by Crippen LogP contribution is -2.13. The summed E-state index contributed by atoms with van der Waals surface area (Å²) < 4.78 is 4.87. The maximum atomic E-state index is 10.4. The third-order valence-corrected chi connectivity index (χ3v) is 1.86. The van der Waals surface area contributed by atoms with Crippen LogP contribution >= 0.6 is 0 Å². The van der Waals surface area contributed by atoms with Crippen molar-refractivity contribution in [3.05, 3.63) is 23.1 Å². The Labute approximate surface area is 81.9 Å². The first-order chi connectivity index (χ1) is 6.72. The minimum absolute atomic E-state index is 0.00731. The van der Waals surface area contributed by atoms with Gasteiger partial charge in [0.05, 0.1) is 18.1 Å². The Balaban J connectivity index is 3.01. The normalized spacial score (nSPS) is 9.57. The van der Waals surface area contributed by atoms with Crippen LogP contribution in [-0.2, 0) is 0 Å². The Bertz CT molecular complexity index is 328. The van der Waals surface area contributed by atoms with Crippen molar-refractivity contribution in [2.24, 2.45) is 5.29 Å². The summed E-state index contributed by atoms with van der Waals surface area (Å²) in [5.74, 6) is 0.364. The first-order valence-corrected chi connectivity index (χ1v) is 4.20. The van der Waals surface area contributed by atoms with E-state index in [2.05, 4.69) is 5.29 Å². The second kappa shape index (κ2) is 4.45. The van der Waals surface area contributed by atoms with Crippen LogP contribution in [0.5, 0.6) is 11.5 Å². The number of anilines is 1. The van der Waals surface area contributed by atoms with Crippen LogP contribution in [0.3, 0.4) is 0 Å². The zero-order chi connectivity index (χ0) is 10.6. The number of methoxy groups -OCH3 is 1. The van der Waals surface area contributed by atoms with Crippen molar-refractivity contribution < 1.29 is 9.84 Å². The standard InChI is InChI=1S/C9H12N2O3/c1-3-11(10-13)7-4-5-9(14-2)8(12)6-7/h4-6,12H,3H2,1-2H3. The number of aromatic hydroxyl groups is 1. The lowest BCUT2D eigenvalue weighted by Gasteiger charge is -2.13. The van der Waals surface area contributed by atoms with Crippen molar-refractivity contribution in [2.75, 3.05) is 18.7 Å². The van der Waals surface area contributed by atoms with Gasteiger partial charge in [-0.05, 0) is 19.1 Å². The van der Waals surface area contributed by atoms with Crippen LogP contribution in [0.1, 0.15) is 6.92 Å². The molecule has 1 aromatic rings. The van der Waals surface area contributed by atoms with Crippen molar-refractivity contribution in [3.63, 3.8) is 0 Å². The van der Waals surface area contributed by atoms with Gasteiger partial charge < -0.3 is 9.84 Å². The van der Waals surface area contributed by atoms with Crippen molar-refractivity contribution >= 4 is 5.69 Å². The number of phenols is 1. The second-order valence-corrected chi connectivity index (χ2v) is 2.65. The molecule has 0 radical (unpaired) electrons. The van der Waals surface area contributed by atoms with Crippen LogP contribution in [0.2, 0.25) is 0 Å². The Kier molecular flexibility index (Phi) is 3.28. The predicted molar refractivity (Wildman–Crippen MR) is 53.5 cm³/mol. The molecule has 5 heteroatoms. The molecule has 0 aromatic heterocycles. The molecule has 0 spiro atoms. The fourth-order valence-electron chi connectivity index (χ4n) is 1.13. The Hall–Kier alpha value is -1.78. The maximum Gasteiger partial charge on any atom is 0.160 e. The SMILES string of the molecule is CCN(N=O)c1ccc(OC)c(O)c1. The number of hydrogen-bond acceptors (Lipinski definition) is 4. The van der Waals surface area contributed by atoms with Gasteiger partial charge in [-0.3, -0.25) is 0 Å². The molecule has 0 aliphatic heterocycles. The molecule has 0 fully saturated rings. The fourth-order valence-corrected chi connectivity index (χ4v) is 1.13. The summed E-state index contributed by atoms with van der Waals surface area (Å²) in [4.78, 5) is 10.4. The lowest BCUT2D eigenvalue weighted by atomic mass is 10.2. The van der Waals surface area contributed by atoms with Gasteiger partial charge in [-0.15, -0.1) is 4.91 Å². The van der Waals surface area contributed by atoms with Gasteiger partial charge in [0, 0.05) is 12.6 Å². The minimum Gasteiger partial charge on any atom is -0.504 e. The molecule has 1 rings (SSSR count). The largest absolute Gasteiger partial charge is 0.504 e. The molecule has 0 heterocycles. The Morgan fingerprint density at radius 3 is 2.71 bits per heavy atom. The van der Waals surface area contributed by atoms with Crippen LogP contribution in [0.15, 0.2) is 23.5 Å². The highest BCUT2D eigenvalue weighted by Gasteiger charge is 2.07. The molecule has 0 aliphatic rings. The van der Waals surface area contributed by atoms with Gasteiger partial charge in [0.2, 0.25) is 0 Å². The molecule has 14 heavy (non-hydrogen) atoms. The summed E-state index contributed by atoms with van der Waals surface area (Å²) in [7, 11) is 1.46. The van der Waals surface area contributed by atoms with E-state index >= 15 is 0 Å². The zero-order valence-electron chi connectivity index (χ0n) is 8.10. The van der Waals surface area contributed by atoms with Crippen molar-refractivity contribution in [2.45, 2.75) is 6.92 Å². The van der Waals surface area contributed by atoms with E-state index < -0.39 is 0 Å². The average molecular weight is 196 g/mol. The van der Waals surface area contributed by atoms with Crippen LogP contribution in [-0.4, -0.2) is 18.8 Å². The summed E-state index contributed by atoms with van der Waals surface area (Å²) in [6.07, 6.45) is 0. The molecule has 1 aromatic carbocycles. The van der Waals surface area contributed by atoms with E-state index in [0.29, 0.717) is 18.0 Å². The van der Waals surface area contributed by atoms with Gasteiger partial charge in [0.25, 0.3) is 0 Å². The van der Waals surface area contributed by atoms with E-state index in [-0.39, 0.29) is 5.75 Å². The van der Waals surface area contributed by atoms with Crippen LogP contribution in [0.25, 0.3) is 0 Å². The van der Waals surface area contributed by atoms with Crippen LogP contribution in [0.4, 0.5) is 5.69 Å². The first-order valence-electron chi connectivity index (χ1n) is 4.20. The van der Waals surface area contributed by atoms with Gasteiger partial charge in [0.15, 0.2) is 11.5 Å². The smallest absolute Gasteiger partial charge is 0.160 e. The number of rotatable bonds is 4. The van der Waals surface area contributed by atoms with E-state index in [1.807, 2.05) is 0 Å². The number of nitrogens with zero attached hydrogens (tertiary/aromatic N) is 2. The average Bonchev–Trinajstić information content (AvgIpc) is 2.20. The minimum atomic E-state index is -0.00731. The molecular weight excluding hydrogens is 184 g/mol. The number of hydrogen-bond donors (Lipinski definition) is 1. The van der Waals surface area contributed by atoms with Crippen molar-refractivity contribution in [3.8, 4) is 11.5 Å². The first kappa shape index (κ1) is 10.3. The van der Waals surface area contributed by atoms with E-state index in [1.54, 1.807) is 19.1 Å². The van der Waals surface area contributed by atoms with Crippen molar-refractivity contribution in [1.29, 1.82) is 0 Å². The van der Waals surface area contributed by atoms with E-state index in [9.17, 15) is 10.0 Å². The zero-order valence-corrected chi connectivity index (χ0v) is 8.10. The summed E-state index contributed by atoms with van der Waals surface area (Å²) >= 11 is 0. The Morgan fingerprint density at radius 1 is 1.57 bits per heavy atom. The third kappa shape index (κ3) is 1.93. The lowest BCUT2D eigenvalue weighted by molar-refractivity contribution is 0.373. The maximum absolute atomic E-state index is 10.4. The highest BCUT2D eigenvalue weighted by molar-refractivity contribution is 5.55. The Morgan fingerprint density at radius 2 is 2.29 bits per heavy atom. The monoisotopic (exact) mass is 196 g/mol. The van der Waals surface area contributed by atoms with Gasteiger partial charge in [-0.25, -0.2) is 5.01 Å². The van der Waals surface area contributed by atoms with E-state index in [0.717, 1.165) is 0 Å². The van der Waals surface area contributed by atoms with Crippen LogP contribution < -0.4 is 9.75 Å². The summed E-state index contributed by atoms with van der Waals surface area (Å²) in [6.45, 7) is 2.25. The predicted octanol–water partition coefficient (Wildman–Crippen LogP) is 1.91. The molecule has 0 bridgehead atoms. The van der Waals surface area contributed by atoms with Crippen molar-refractivity contribution in [1.82, 2.24) is 0 Å². The van der Waals surface area contributed by atoms with Gasteiger partial charge in [-0.1, -0.05) is 0 Å². The molecule has 5 nitrogen and oxygen atoms in total.